The van der Waals surface area contributed by atoms with Crippen LogP contribution in [0.2, 0.25) is 0 Å². The van der Waals surface area contributed by atoms with Crippen LogP contribution in [0.5, 0.6) is 0 Å². The van der Waals surface area contributed by atoms with Gasteiger partial charge in [0.2, 0.25) is 0 Å². The summed E-state index contributed by atoms with van der Waals surface area (Å²) in [6.45, 7) is 1.04. The second kappa shape index (κ2) is 4.06. The van der Waals surface area contributed by atoms with Crippen LogP contribution in [0.15, 0.2) is 28.9 Å². The third-order valence-electron chi connectivity index (χ3n) is 1.77. The maximum absolute atomic E-state index is 5.47. The van der Waals surface area contributed by atoms with Crippen molar-refractivity contribution < 1.29 is 9.15 Å². The number of hydrogen-bond donors (Lipinski definition) is 0. The molecular weight excluding hydrogens is 182 g/mol. The average molecular weight is 193 g/mol. The number of methoxy groups -OCH3 is 1. The molecule has 0 bridgehead atoms. The van der Waals surface area contributed by atoms with Crippen LogP contribution in [0.1, 0.15) is 11.5 Å². The fourth-order valence-electron chi connectivity index (χ4n) is 1.19. The third-order valence-corrected chi connectivity index (χ3v) is 1.77. The summed E-state index contributed by atoms with van der Waals surface area (Å²) in [6, 6.07) is 3.79. The molecule has 0 N–H and O–H groups in total. The monoisotopic (exact) mass is 193 g/mol. The van der Waals surface area contributed by atoms with E-state index >= 15 is 0 Å². The van der Waals surface area contributed by atoms with Crippen molar-refractivity contribution >= 4 is 0 Å². The summed E-state index contributed by atoms with van der Waals surface area (Å²) < 4.78 is 10.4. The van der Waals surface area contributed by atoms with Gasteiger partial charge >= 0.3 is 0 Å². The van der Waals surface area contributed by atoms with Crippen LogP contribution in [0.4, 0.5) is 0 Å². The van der Waals surface area contributed by atoms with Gasteiger partial charge in [0.25, 0.3) is 0 Å². The highest BCUT2D eigenvalue weighted by Gasteiger charge is 2.02. The quantitative estimate of drug-likeness (QED) is 0.728. The Hall–Kier alpha value is -1.62. The van der Waals surface area contributed by atoms with Crippen LogP contribution in [0.25, 0.3) is 0 Å². The van der Waals surface area contributed by atoms with Crippen molar-refractivity contribution in [2.45, 2.75) is 13.2 Å². The Morgan fingerprint density at radius 3 is 2.71 bits per heavy atom. The van der Waals surface area contributed by atoms with Crippen molar-refractivity contribution in [2.24, 2.45) is 0 Å². The number of nitrogens with zero attached hydrogens (tertiary/aromatic N) is 3. The lowest BCUT2D eigenvalue weighted by atomic mass is 10.4. The van der Waals surface area contributed by atoms with E-state index in [1.807, 2.05) is 12.1 Å². The van der Waals surface area contributed by atoms with Gasteiger partial charge in [-0.25, -0.2) is 0 Å². The number of aromatic nitrogens is 3. The molecule has 5 nitrogen and oxygen atoms in total. The van der Waals surface area contributed by atoms with Crippen LogP contribution in [0.3, 0.4) is 0 Å². The number of hydrogen-bond acceptors (Lipinski definition) is 4. The number of furan rings is 1. The van der Waals surface area contributed by atoms with Crippen molar-refractivity contribution in [1.29, 1.82) is 0 Å². The van der Waals surface area contributed by atoms with E-state index in [0.717, 1.165) is 11.5 Å². The summed E-state index contributed by atoms with van der Waals surface area (Å²) in [5, 5.41) is 7.96. The van der Waals surface area contributed by atoms with E-state index in [4.69, 9.17) is 9.15 Å². The lowest BCUT2D eigenvalue weighted by molar-refractivity contribution is 0.162. The predicted octanol–water partition coefficient (Wildman–Crippen LogP) is 1.07. The largest absolute Gasteiger partial charge is 0.462 e. The second-order valence-corrected chi connectivity index (χ2v) is 2.86. The Kier molecular flexibility index (Phi) is 2.60. The molecule has 0 saturated carbocycles. The topological polar surface area (TPSA) is 53.1 Å². The molecule has 14 heavy (non-hydrogen) atoms. The van der Waals surface area contributed by atoms with Gasteiger partial charge in [-0.1, -0.05) is 0 Å². The Balaban J connectivity index is 2.03. The summed E-state index contributed by atoms with van der Waals surface area (Å²) in [6.07, 6.45) is 3.28. The maximum Gasteiger partial charge on any atom is 0.129 e. The molecule has 2 aromatic heterocycles. The van der Waals surface area contributed by atoms with Crippen molar-refractivity contribution in [1.82, 2.24) is 15.0 Å². The minimum Gasteiger partial charge on any atom is -0.462 e. The van der Waals surface area contributed by atoms with E-state index in [2.05, 4.69) is 10.2 Å². The molecule has 0 aliphatic carbocycles. The fourth-order valence-corrected chi connectivity index (χ4v) is 1.19. The molecule has 0 aromatic carbocycles. The molecule has 0 spiro atoms. The number of rotatable bonds is 4. The Bertz CT molecular complexity index is 380. The lowest BCUT2D eigenvalue weighted by Gasteiger charge is -1.96. The summed E-state index contributed by atoms with van der Waals surface area (Å²) in [7, 11) is 1.64. The highest BCUT2D eigenvalue weighted by atomic mass is 16.5. The van der Waals surface area contributed by atoms with Crippen LogP contribution < -0.4 is 0 Å². The normalized spacial score (nSPS) is 10.6. The third kappa shape index (κ3) is 2.00. The van der Waals surface area contributed by atoms with Gasteiger partial charge < -0.3 is 9.15 Å². The van der Waals surface area contributed by atoms with E-state index in [9.17, 15) is 0 Å². The van der Waals surface area contributed by atoms with Crippen molar-refractivity contribution in [2.75, 3.05) is 7.11 Å². The van der Waals surface area contributed by atoms with E-state index in [-0.39, 0.29) is 0 Å². The van der Waals surface area contributed by atoms with Crippen LogP contribution in [-0.4, -0.2) is 22.1 Å². The molecule has 2 rings (SSSR count). The zero-order valence-electron chi connectivity index (χ0n) is 7.88. The second-order valence-electron chi connectivity index (χ2n) is 2.86. The van der Waals surface area contributed by atoms with Crippen LogP contribution in [0, 0.1) is 0 Å². The van der Waals surface area contributed by atoms with Gasteiger partial charge in [0.15, 0.2) is 0 Å². The lowest BCUT2D eigenvalue weighted by Crippen LogP contribution is -2.02. The first-order valence-electron chi connectivity index (χ1n) is 4.29. The van der Waals surface area contributed by atoms with Gasteiger partial charge in [0.05, 0.1) is 12.4 Å². The highest BCUT2D eigenvalue weighted by molar-refractivity contribution is 5.06. The van der Waals surface area contributed by atoms with E-state index in [1.54, 1.807) is 24.3 Å². The zero-order valence-corrected chi connectivity index (χ0v) is 7.88. The van der Waals surface area contributed by atoms with E-state index in [0.29, 0.717) is 13.2 Å². The summed E-state index contributed by atoms with van der Waals surface area (Å²) in [4.78, 5) is 1.56. The Morgan fingerprint density at radius 1 is 1.29 bits per heavy atom. The van der Waals surface area contributed by atoms with Gasteiger partial charge in [0, 0.05) is 7.11 Å². The summed E-state index contributed by atoms with van der Waals surface area (Å²) in [5.74, 6) is 1.64. The Labute approximate surface area is 81.3 Å². The minimum atomic E-state index is 0.493. The highest BCUT2D eigenvalue weighted by Crippen LogP contribution is 2.09. The van der Waals surface area contributed by atoms with Crippen LogP contribution >= 0.6 is 0 Å². The first kappa shape index (κ1) is 8.96. The van der Waals surface area contributed by atoms with Crippen LogP contribution in [-0.2, 0) is 17.9 Å². The molecule has 2 aromatic rings. The summed E-state index contributed by atoms with van der Waals surface area (Å²) >= 11 is 0. The SMILES string of the molecule is COCc1ccc(Cn2nccn2)o1. The van der Waals surface area contributed by atoms with Crippen molar-refractivity contribution in [3.05, 3.63) is 36.0 Å². The maximum atomic E-state index is 5.47. The number of ether oxygens (including phenoxy) is 1. The van der Waals surface area contributed by atoms with Crippen molar-refractivity contribution in [3.63, 3.8) is 0 Å². The standard InChI is InChI=1S/C9H11N3O2/c1-13-7-9-3-2-8(14-9)6-12-10-4-5-11-12/h2-5H,6-7H2,1H3. The molecule has 0 aliphatic heterocycles. The molecule has 74 valence electrons. The fraction of sp³-hybridized carbons (Fsp3) is 0.333. The molecule has 0 aliphatic rings. The first-order valence-corrected chi connectivity index (χ1v) is 4.29. The predicted molar refractivity (Wildman–Crippen MR) is 48.5 cm³/mol. The molecule has 0 atom stereocenters. The summed E-state index contributed by atoms with van der Waals surface area (Å²) in [5.41, 5.74) is 0. The molecule has 0 amide bonds. The molecule has 0 radical (unpaired) electrons. The first-order chi connectivity index (χ1) is 6.88. The average Bonchev–Trinajstić information content (AvgIpc) is 2.79. The minimum absolute atomic E-state index is 0.493. The van der Waals surface area contributed by atoms with Gasteiger partial charge in [-0.3, -0.25) is 0 Å². The molecule has 0 saturated heterocycles. The van der Waals surface area contributed by atoms with E-state index < -0.39 is 0 Å². The van der Waals surface area contributed by atoms with Gasteiger partial charge in [-0.05, 0) is 12.1 Å². The van der Waals surface area contributed by atoms with Gasteiger partial charge in [0.1, 0.15) is 24.7 Å². The molecular formula is C9H11N3O2. The molecule has 5 heteroatoms. The smallest absolute Gasteiger partial charge is 0.129 e. The molecule has 0 fully saturated rings. The van der Waals surface area contributed by atoms with E-state index in [1.165, 1.54) is 0 Å². The van der Waals surface area contributed by atoms with Gasteiger partial charge in [-0.15, -0.1) is 0 Å². The molecule has 2 heterocycles. The van der Waals surface area contributed by atoms with Crippen molar-refractivity contribution in [3.8, 4) is 0 Å². The zero-order chi connectivity index (χ0) is 9.80. The Morgan fingerprint density at radius 2 is 2.00 bits per heavy atom. The molecule has 0 unspecified atom stereocenters. The van der Waals surface area contributed by atoms with Gasteiger partial charge in [-0.2, -0.15) is 15.0 Å².